The number of carbonyl (C=O) groups excluding carboxylic acids is 2. The van der Waals surface area contributed by atoms with Crippen molar-refractivity contribution in [2.45, 2.75) is 96.0 Å². The van der Waals surface area contributed by atoms with Crippen LogP contribution in [0, 0.1) is 0 Å². The molecule has 0 aliphatic carbocycles. The Morgan fingerprint density at radius 2 is 1.70 bits per heavy atom. The van der Waals surface area contributed by atoms with E-state index in [4.69, 9.17) is 4.74 Å². The summed E-state index contributed by atoms with van der Waals surface area (Å²) < 4.78 is 6.36. The Labute approximate surface area is 230 Å². The lowest BCUT2D eigenvalue weighted by atomic mass is 9.76. The number of amides is 2. The zero-order valence-corrected chi connectivity index (χ0v) is 24.7. The zero-order chi connectivity index (χ0) is 27.4. The van der Waals surface area contributed by atoms with Crippen LogP contribution in [0.15, 0.2) is 53.6 Å². The zero-order valence-electron chi connectivity index (χ0n) is 23.1. The smallest absolute Gasteiger partial charge is 0.266 e. The average molecular weight is 571 g/mol. The SMILES string of the molecule is CCC(Oc1ccc(C(C)(C)CC)cc1C(C)(C)CC)C(=O)NC1=NN(Cc2ccccc2)C(=O)C1Br. The lowest BCUT2D eigenvalue weighted by Gasteiger charge is -2.31. The van der Waals surface area contributed by atoms with Crippen molar-refractivity contribution in [3.63, 3.8) is 0 Å². The van der Waals surface area contributed by atoms with Crippen molar-refractivity contribution in [3.8, 4) is 5.75 Å². The quantitative estimate of drug-likeness (QED) is 0.334. The number of alkyl halides is 1. The highest BCUT2D eigenvalue weighted by Gasteiger charge is 2.36. The third-order valence-corrected chi connectivity index (χ3v) is 8.38. The second-order valence-electron chi connectivity index (χ2n) is 10.9. The summed E-state index contributed by atoms with van der Waals surface area (Å²) in [4.78, 5) is 25.3. The van der Waals surface area contributed by atoms with Crippen LogP contribution in [0.1, 0.15) is 84.4 Å². The largest absolute Gasteiger partial charge is 0.480 e. The van der Waals surface area contributed by atoms with Gasteiger partial charge in [0.15, 0.2) is 16.8 Å². The summed E-state index contributed by atoms with van der Waals surface area (Å²) in [6.07, 6.45) is 1.71. The normalized spacial score (nSPS) is 17.0. The van der Waals surface area contributed by atoms with Crippen molar-refractivity contribution >= 4 is 33.6 Å². The molecule has 200 valence electrons. The number of nitrogens with one attached hydrogen (secondary N) is 1. The predicted molar refractivity (Wildman–Crippen MR) is 153 cm³/mol. The Morgan fingerprint density at radius 3 is 2.30 bits per heavy atom. The molecule has 0 saturated heterocycles. The van der Waals surface area contributed by atoms with Gasteiger partial charge in [0.1, 0.15) is 5.75 Å². The molecule has 1 aliphatic heterocycles. The molecule has 1 N–H and O–H groups in total. The van der Waals surface area contributed by atoms with Gasteiger partial charge in [-0.1, -0.05) is 107 Å². The molecule has 6 nitrogen and oxygen atoms in total. The maximum Gasteiger partial charge on any atom is 0.266 e. The topological polar surface area (TPSA) is 71.0 Å². The molecule has 2 aromatic rings. The average Bonchev–Trinajstić information content (AvgIpc) is 3.15. The van der Waals surface area contributed by atoms with Crippen LogP contribution in [0.3, 0.4) is 0 Å². The monoisotopic (exact) mass is 569 g/mol. The van der Waals surface area contributed by atoms with Crippen molar-refractivity contribution in [2.24, 2.45) is 5.10 Å². The van der Waals surface area contributed by atoms with Gasteiger partial charge in [0.25, 0.3) is 11.8 Å². The van der Waals surface area contributed by atoms with Crippen LogP contribution in [0.25, 0.3) is 0 Å². The van der Waals surface area contributed by atoms with Crippen LogP contribution < -0.4 is 10.1 Å². The second-order valence-corrected chi connectivity index (χ2v) is 11.8. The minimum atomic E-state index is -0.725. The molecule has 37 heavy (non-hydrogen) atoms. The van der Waals surface area contributed by atoms with E-state index < -0.39 is 10.9 Å². The molecule has 0 saturated carbocycles. The predicted octanol–water partition coefficient (Wildman–Crippen LogP) is 6.45. The number of nitrogens with zero attached hydrogens (tertiary/aromatic N) is 2. The van der Waals surface area contributed by atoms with Gasteiger partial charge in [0.05, 0.1) is 6.54 Å². The molecule has 3 rings (SSSR count). The Balaban J connectivity index is 1.81. The van der Waals surface area contributed by atoms with Crippen LogP contribution in [0.2, 0.25) is 0 Å². The van der Waals surface area contributed by atoms with E-state index in [9.17, 15) is 9.59 Å². The highest BCUT2D eigenvalue weighted by Crippen LogP contribution is 2.39. The van der Waals surface area contributed by atoms with E-state index in [0.717, 1.165) is 29.7 Å². The number of benzene rings is 2. The third kappa shape index (κ3) is 6.61. The fourth-order valence-electron chi connectivity index (χ4n) is 4.10. The van der Waals surface area contributed by atoms with Crippen molar-refractivity contribution in [1.29, 1.82) is 0 Å². The van der Waals surface area contributed by atoms with Crippen LogP contribution in [-0.4, -0.2) is 33.6 Å². The van der Waals surface area contributed by atoms with Crippen molar-refractivity contribution in [2.75, 3.05) is 0 Å². The van der Waals surface area contributed by atoms with E-state index in [2.05, 4.69) is 80.0 Å². The third-order valence-electron chi connectivity index (χ3n) is 7.56. The van der Waals surface area contributed by atoms with Gasteiger partial charge >= 0.3 is 0 Å². The first-order chi connectivity index (χ1) is 17.4. The van der Waals surface area contributed by atoms with Crippen LogP contribution in [0.5, 0.6) is 5.75 Å². The standard InChI is InChI=1S/C30H40BrN3O3/c1-8-23(37-24-17-16-21(29(4,5)9-2)18-22(24)30(6,7)10-3)27(35)32-26-25(31)28(36)34(33-26)19-20-14-12-11-13-15-20/h11-18,23,25H,8-10,19H2,1-7H3,(H,32,33,35). The van der Waals surface area contributed by atoms with E-state index >= 15 is 0 Å². The summed E-state index contributed by atoms with van der Waals surface area (Å²) in [5.74, 6) is 0.463. The maximum atomic E-state index is 13.3. The number of hydrazone groups is 1. The molecule has 1 heterocycles. The molecule has 2 aromatic carbocycles. The lowest BCUT2D eigenvalue weighted by molar-refractivity contribution is -0.128. The van der Waals surface area contributed by atoms with Crippen molar-refractivity contribution < 1.29 is 14.3 Å². The van der Waals surface area contributed by atoms with Crippen LogP contribution in [0.4, 0.5) is 0 Å². The van der Waals surface area contributed by atoms with Gasteiger partial charge in [-0.3, -0.25) is 9.59 Å². The van der Waals surface area contributed by atoms with Gasteiger partial charge in [-0.05, 0) is 47.3 Å². The fourth-order valence-corrected chi connectivity index (χ4v) is 4.54. The number of hydrogen-bond donors (Lipinski definition) is 1. The molecule has 0 fully saturated rings. The summed E-state index contributed by atoms with van der Waals surface area (Å²) in [6.45, 7) is 15.5. The van der Waals surface area contributed by atoms with Crippen LogP contribution >= 0.6 is 15.9 Å². The lowest BCUT2D eigenvalue weighted by Crippen LogP contribution is -2.44. The highest BCUT2D eigenvalue weighted by molar-refractivity contribution is 9.10. The molecule has 2 unspecified atom stereocenters. The molecule has 7 heteroatoms. The summed E-state index contributed by atoms with van der Waals surface area (Å²) in [5.41, 5.74) is 3.24. The number of carbonyl (C=O) groups is 2. The first kappa shape index (κ1) is 28.9. The van der Waals surface area contributed by atoms with E-state index in [0.29, 0.717) is 13.0 Å². The fraction of sp³-hybridized carbons (Fsp3) is 0.500. The highest BCUT2D eigenvalue weighted by atomic mass is 79.9. The molecular formula is C30H40BrN3O3. The summed E-state index contributed by atoms with van der Waals surface area (Å²) >= 11 is 3.39. The number of amidine groups is 1. The molecule has 0 bridgehead atoms. The van der Waals surface area contributed by atoms with Gasteiger partial charge in [-0.2, -0.15) is 5.10 Å². The van der Waals surface area contributed by atoms with Gasteiger partial charge in [-0.15, -0.1) is 0 Å². The number of rotatable bonds is 10. The Bertz CT molecular complexity index is 1140. The summed E-state index contributed by atoms with van der Waals surface area (Å²) in [7, 11) is 0. The van der Waals surface area contributed by atoms with Gasteiger partial charge < -0.3 is 10.1 Å². The Morgan fingerprint density at radius 1 is 1.05 bits per heavy atom. The first-order valence-corrected chi connectivity index (χ1v) is 14.1. The summed E-state index contributed by atoms with van der Waals surface area (Å²) in [6, 6.07) is 16.0. The molecule has 0 aromatic heterocycles. The van der Waals surface area contributed by atoms with E-state index in [-0.39, 0.29) is 28.5 Å². The second kappa shape index (κ2) is 11.8. The van der Waals surface area contributed by atoms with E-state index in [1.54, 1.807) is 0 Å². The van der Waals surface area contributed by atoms with Gasteiger partial charge in [0.2, 0.25) is 0 Å². The Hall–Kier alpha value is -2.67. The minimum absolute atomic E-state index is 0.0439. The van der Waals surface area contributed by atoms with E-state index in [1.807, 2.05) is 43.3 Å². The molecule has 2 amide bonds. The number of hydrogen-bond acceptors (Lipinski definition) is 4. The molecule has 0 radical (unpaired) electrons. The van der Waals surface area contributed by atoms with Crippen LogP contribution in [-0.2, 0) is 27.0 Å². The van der Waals surface area contributed by atoms with E-state index in [1.165, 1.54) is 10.6 Å². The maximum absolute atomic E-state index is 13.3. The number of halogens is 1. The molecule has 1 aliphatic rings. The van der Waals surface area contributed by atoms with Crippen molar-refractivity contribution in [3.05, 3.63) is 65.2 Å². The minimum Gasteiger partial charge on any atom is -0.480 e. The summed E-state index contributed by atoms with van der Waals surface area (Å²) in [5, 5.41) is 8.61. The molecule has 0 spiro atoms. The van der Waals surface area contributed by atoms with Gasteiger partial charge in [-0.25, -0.2) is 5.01 Å². The molecule has 2 atom stereocenters. The first-order valence-electron chi connectivity index (χ1n) is 13.1. The van der Waals surface area contributed by atoms with Gasteiger partial charge in [0, 0.05) is 5.56 Å². The van der Waals surface area contributed by atoms with Crippen molar-refractivity contribution in [1.82, 2.24) is 10.3 Å². The Kier molecular flexibility index (Phi) is 9.22. The molecular weight excluding hydrogens is 530 g/mol. The number of ether oxygens (including phenoxy) is 1.